The predicted octanol–water partition coefficient (Wildman–Crippen LogP) is 2.75. The lowest BCUT2D eigenvalue weighted by Crippen LogP contribution is -2.39. The second-order valence-electron chi connectivity index (χ2n) is 7.14. The number of aliphatic imine (C=N–C) groups is 1. The first-order valence-corrected chi connectivity index (χ1v) is 11.5. The number of ether oxygens (including phenoxy) is 1. The number of hydrogen-bond acceptors (Lipinski definition) is 7. The van der Waals surface area contributed by atoms with Gasteiger partial charge in [-0.25, -0.2) is 15.6 Å². The standard InChI is InChI=1S/C21H24BrN5O4.C2HF3O2/c1-2-31-20(29)11-18(14-6-8-16(22)9-7-14)27-19(28)12-24-21(30)15-4-3-5-17(10-15)25-13-26-23;3-2(4,5)1(6)7/h3-10,13,18H,2,11-12,23H2,1H3,(H,24,30)(H,25,26)(H,27,28);(H,6,7). The van der Waals surface area contributed by atoms with Crippen LogP contribution < -0.4 is 21.9 Å². The first-order valence-electron chi connectivity index (χ1n) is 10.7. The molecule has 15 heteroatoms. The molecule has 0 saturated carbocycles. The van der Waals surface area contributed by atoms with E-state index >= 15 is 0 Å². The number of halogens is 4. The smallest absolute Gasteiger partial charge is 0.475 e. The summed E-state index contributed by atoms with van der Waals surface area (Å²) in [6, 6.07) is 13.2. The molecule has 11 nitrogen and oxygen atoms in total. The number of carboxylic acids is 1. The molecule has 0 spiro atoms. The van der Waals surface area contributed by atoms with Crippen LogP contribution in [0.25, 0.3) is 0 Å². The summed E-state index contributed by atoms with van der Waals surface area (Å²) >= 11 is 3.36. The second-order valence-corrected chi connectivity index (χ2v) is 8.06. The average Bonchev–Trinajstić information content (AvgIpc) is 2.86. The number of carbonyl (C=O) groups is 4. The maximum atomic E-state index is 12.4. The lowest BCUT2D eigenvalue weighted by atomic mass is 10.0. The quantitative estimate of drug-likeness (QED) is 0.0906. The van der Waals surface area contributed by atoms with E-state index in [2.05, 4.69) is 37.0 Å². The van der Waals surface area contributed by atoms with Gasteiger partial charge in [-0.3, -0.25) is 14.4 Å². The van der Waals surface area contributed by atoms with Crippen molar-refractivity contribution in [2.45, 2.75) is 25.6 Å². The normalized spacial score (nSPS) is 11.5. The van der Waals surface area contributed by atoms with Crippen molar-refractivity contribution >= 4 is 51.7 Å². The van der Waals surface area contributed by atoms with Gasteiger partial charge in [0.15, 0.2) is 0 Å². The summed E-state index contributed by atoms with van der Waals surface area (Å²) < 4.78 is 37.6. The van der Waals surface area contributed by atoms with Gasteiger partial charge >= 0.3 is 18.1 Å². The maximum Gasteiger partial charge on any atom is 0.490 e. The lowest BCUT2D eigenvalue weighted by molar-refractivity contribution is -0.192. The molecule has 0 bridgehead atoms. The highest BCUT2D eigenvalue weighted by Gasteiger charge is 2.38. The van der Waals surface area contributed by atoms with Gasteiger partial charge in [-0.15, -0.1) is 0 Å². The van der Waals surface area contributed by atoms with Crippen LogP contribution in [0.5, 0.6) is 0 Å². The Morgan fingerprint density at radius 3 is 2.34 bits per heavy atom. The van der Waals surface area contributed by atoms with Crippen LogP contribution in [-0.2, 0) is 19.1 Å². The van der Waals surface area contributed by atoms with Crippen molar-refractivity contribution in [3.05, 3.63) is 64.1 Å². The van der Waals surface area contributed by atoms with E-state index in [0.29, 0.717) is 11.3 Å². The maximum absolute atomic E-state index is 12.4. The van der Waals surface area contributed by atoms with E-state index in [4.69, 9.17) is 20.5 Å². The molecule has 2 amide bonds. The SMILES string of the molecule is CCOC(=O)CC(NC(=O)CNC(=O)c1cccc(N=CNN)c1)c1ccc(Br)cc1.O=C(O)C(F)(F)F. The zero-order valence-corrected chi connectivity index (χ0v) is 21.5. The van der Waals surface area contributed by atoms with Gasteiger partial charge in [0.05, 0.1) is 31.3 Å². The Hall–Kier alpha value is -3.98. The third-order valence-corrected chi connectivity index (χ3v) is 4.86. The number of nitrogens with one attached hydrogen (secondary N) is 3. The minimum atomic E-state index is -5.08. The molecular formula is C23H25BrF3N5O6. The Morgan fingerprint density at radius 2 is 1.79 bits per heavy atom. The summed E-state index contributed by atoms with van der Waals surface area (Å²) in [5, 5.41) is 12.5. The second kappa shape index (κ2) is 16.0. The van der Waals surface area contributed by atoms with E-state index in [1.165, 1.54) is 6.34 Å². The number of carbonyl (C=O) groups excluding carboxylic acids is 3. The van der Waals surface area contributed by atoms with E-state index in [0.717, 1.165) is 10.0 Å². The summed E-state index contributed by atoms with van der Waals surface area (Å²) in [4.78, 5) is 49.7. The number of nitrogens with zero attached hydrogens (tertiary/aromatic N) is 1. The third kappa shape index (κ3) is 12.3. The number of aliphatic carboxylic acids is 1. The molecule has 1 unspecified atom stereocenters. The Bertz CT molecular complexity index is 1130. The Morgan fingerprint density at radius 1 is 1.16 bits per heavy atom. The van der Waals surface area contributed by atoms with Crippen molar-refractivity contribution in [3.8, 4) is 0 Å². The number of esters is 1. The van der Waals surface area contributed by atoms with Gasteiger partial charge in [-0.1, -0.05) is 34.1 Å². The van der Waals surface area contributed by atoms with Crippen molar-refractivity contribution < 1.29 is 42.2 Å². The van der Waals surface area contributed by atoms with E-state index in [9.17, 15) is 27.6 Å². The van der Waals surface area contributed by atoms with Crippen LogP contribution in [0.4, 0.5) is 18.9 Å². The molecule has 2 aromatic carbocycles. The van der Waals surface area contributed by atoms with Gasteiger partial charge in [-0.05, 0) is 42.8 Å². The molecule has 0 saturated heterocycles. The summed E-state index contributed by atoms with van der Waals surface area (Å²) in [6.45, 7) is 1.71. The summed E-state index contributed by atoms with van der Waals surface area (Å²) in [5.74, 6) is 1.08. The molecule has 2 aromatic rings. The molecule has 0 aliphatic rings. The van der Waals surface area contributed by atoms with Gasteiger partial charge in [0, 0.05) is 10.0 Å². The van der Waals surface area contributed by atoms with Crippen LogP contribution in [0.1, 0.15) is 35.3 Å². The Kier molecular flexibility index (Phi) is 13.5. The van der Waals surface area contributed by atoms with Crippen LogP contribution in [0.3, 0.4) is 0 Å². The number of hydrazine groups is 1. The predicted molar refractivity (Wildman–Crippen MR) is 134 cm³/mol. The van der Waals surface area contributed by atoms with Gasteiger partial charge in [0.1, 0.15) is 6.34 Å². The van der Waals surface area contributed by atoms with Crippen molar-refractivity contribution in [1.29, 1.82) is 0 Å². The molecule has 0 radical (unpaired) electrons. The highest BCUT2D eigenvalue weighted by molar-refractivity contribution is 9.10. The van der Waals surface area contributed by atoms with Gasteiger partial charge in [-0.2, -0.15) is 13.2 Å². The molecule has 6 N–H and O–H groups in total. The molecule has 1 atom stereocenters. The molecule has 0 heterocycles. The first kappa shape index (κ1) is 32.0. The van der Waals surface area contributed by atoms with Gasteiger partial charge in [0.2, 0.25) is 5.91 Å². The fourth-order valence-corrected chi connectivity index (χ4v) is 2.95. The molecular weight excluding hydrogens is 579 g/mol. The minimum absolute atomic E-state index is 0.0234. The Balaban J connectivity index is 0.000000905. The van der Waals surface area contributed by atoms with Crippen molar-refractivity contribution in [2.75, 3.05) is 13.2 Å². The number of alkyl halides is 3. The number of benzene rings is 2. The van der Waals surface area contributed by atoms with Gasteiger partial charge in [0.25, 0.3) is 5.91 Å². The zero-order chi connectivity index (χ0) is 28.7. The van der Waals surface area contributed by atoms with E-state index < -0.39 is 36.0 Å². The Labute approximate surface area is 223 Å². The fraction of sp³-hybridized carbons (Fsp3) is 0.261. The van der Waals surface area contributed by atoms with E-state index in [-0.39, 0.29) is 19.6 Å². The van der Waals surface area contributed by atoms with Crippen LogP contribution in [-0.4, -0.2) is 54.5 Å². The number of nitrogens with two attached hydrogens (primary N) is 1. The van der Waals surface area contributed by atoms with E-state index in [1.807, 2.05) is 12.1 Å². The molecule has 0 aliphatic carbocycles. The molecule has 38 heavy (non-hydrogen) atoms. The first-order chi connectivity index (χ1) is 17.9. The minimum Gasteiger partial charge on any atom is -0.475 e. The zero-order valence-electron chi connectivity index (χ0n) is 19.9. The molecule has 0 aromatic heterocycles. The number of rotatable bonds is 10. The summed E-state index contributed by atoms with van der Waals surface area (Å²) in [5.41, 5.74) is 3.90. The highest BCUT2D eigenvalue weighted by atomic mass is 79.9. The summed E-state index contributed by atoms with van der Waals surface area (Å²) in [7, 11) is 0. The highest BCUT2D eigenvalue weighted by Crippen LogP contribution is 2.20. The van der Waals surface area contributed by atoms with Gasteiger partial charge < -0.3 is 25.9 Å². The van der Waals surface area contributed by atoms with Crippen molar-refractivity contribution in [3.63, 3.8) is 0 Å². The monoisotopic (exact) mass is 603 g/mol. The third-order valence-electron chi connectivity index (χ3n) is 4.33. The number of amides is 2. The topological polar surface area (TPSA) is 172 Å². The lowest BCUT2D eigenvalue weighted by Gasteiger charge is -2.19. The molecule has 0 fully saturated rings. The molecule has 2 rings (SSSR count). The molecule has 206 valence electrons. The molecule has 0 aliphatic heterocycles. The fourth-order valence-electron chi connectivity index (χ4n) is 2.68. The van der Waals surface area contributed by atoms with Crippen molar-refractivity contribution in [1.82, 2.24) is 16.1 Å². The van der Waals surface area contributed by atoms with Crippen LogP contribution in [0.2, 0.25) is 0 Å². The average molecular weight is 604 g/mol. The van der Waals surface area contributed by atoms with Crippen LogP contribution in [0, 0.1) is 0 Å². The summed E-state index contributed by atoms with van der Waals surface area (Å²) in [6.07, 6.45) is -3.82. The van der Waals surface area contributed by atoms with Crippen LogP contribution >= 0.6 is 15.9 Å². The number of carboxylic acid groups (broad SMARTS) is 1. The van der Waals surface area contributed by atoms with E-state index in [1.54, 1.807) is 43.3 Å². The number of hydrogen-bond donors (Lipinski definition) is 5. The largest absolute Gasteiger partial charge is 0.490 e. The van der Waals surface area contributed by atoms with Crippen LogP contribution in [0.15, 0.2) is 58.0 Å². The van der Waals surface area contributed by atoms with Crippen molar-refractivity contribution in [2.24, 2.45) is 10.8 Å².